The number of hydrogen-bond donors (Lipinski definition) is 2. The highest BCUT2D eigenvalue weighted by Crippen LogP contribution is 2.35. The van der Waals surface area contributed by atoms with E-state index in [0.29, 0.717) is 12.5 Å². The molecule has 0 saturated heterocycles. The van der Waals surface area contributed by atoms with E-state index in [4.69, 9.17) is 4.74 Å². The molecule has 0 bridgehead atoms. The molecule has 0 spiro atoms. The van der Waals surface area contributed by atoms with Crippen LogP contribution in [0.4, 0.5) is 4.79 Å². The summed E-state index contributed by atoms with van der Waals surface area (Å²) in [5, 5.41) is 5.90. The molecule has 1 aliphatic rings. The molecule has 2 N–H and O–H groups in total. The van der Waals surface area contributed by atoms with Crippen molar-refractivity contribution in [3.05, 3.63) is 35.4 Å². The van der Waals surface area contributed by atoms with Crippen molar-refractivity contribution in [2.24, 2.45) is 5.92 Å². The summed E-state index contributed by atoms with van der Waals surface area (Å²) in [4.78, 5) is 11.9. The summed E-state index contributed by atoms with van der Waals surface area (Å²) in [5.41, 5.74) is 2.58. The molecule has 4 nitrogen and oxygen atoms in total. The normalized spacial score (nSPS) is 22.7. The summed E-state index contributed by atoms with van der Waals surface area (Å²) in [6.45, 7) is 4.61. The van der Waals surface area contributed by atoms with E-state index in [1.54, 1.807) is 7.11 Å². The molecule has 1 aromatic rings. The van der Waals surface area contributed by atoms with Gasteiger partial charge in [-0.25, -0.2) is 4.79 Å². The first-order chi connectivity index (χ1) is 9.11. The summed E-state index contributed by atoms with van der Waals surface area (Å²) in [7, 11) is 1.64. The van der Waals surface area contributed by atoms with Gasteiger partial charge in [-0.15, -0.1) is 0 Å². The maximum Gasteiger partial charge on any atom is 0.315 e. The number of carbonyl (C=O) groups excluding carboxylic acids is 1. The minimum atomic E-state index is -0.127. The molecule has 104 valence electrons. The van der Waals surface area contributed by atoms with Gasteiger partial charge in [-0.05, 0) is 30.4 Å². The Kier molecular flexibility index (Phi) is 4.43. The Bertz CT molecular complexity index is 448. The number of fused-ring (bicyclic) bond motifs is 1. The van der Waals surface area contributed by atoms with Crippen molar-refractivity contribution < 1.29 is 9.53 Å². The van der Waals surface area contributed by atoms with Crippen LogP contribution in [-0.4, -0.2) is 25.8 Å². The Morgan fingerprint density at radius 2 is 2.21 bits per heavy atom. The van der Waals surface area contributed by atoms with Crippen molar-refractivity contribution in [3.8, 4) is 0 Å². The van der Waals surface area contributed by atoms with Crippen LogP contribution in [0.2, 0.25) is 0 Å². The molecular formula is C15H22N2O2. The molecule has 2 amide bonds. The fourth-order valence-electron chi connectivity index (χ4n) is 2.53. The zero-order valence-corrected chi connectivity index (χ0v) is 11.8. The van der Waals surface area contributed by atoms with Crippen molar-refractivity contribution in [2.75, 3.05) is 13.7 Å². The number of rotatable bonds is 4. The molecular weight excluding hydrogens is 240 g/mol. The largest absolute Gasteiger partial charge is 0.380 e. The van der Waals surface area contributed by atoms with E-state index in [1.165, 1.54) is 11.1 Å². The molecule has 2 rings (SSSR count). The van der Waals surface area contributed by atoms with Gasteiger partial charge in [-0.1, -0.05) is 31.2 Å². The predicted octanol–water partition coefficient (Wildman–Crippen LogP) is 2.25. The zero-order valence-electron chi connectivity index (χ0n) is 11.8. The van der Waals surface area contributed by atoms with Crippen LogP contribution in [0.5, 0.6) is 0 Å². The van der Waals surface area contributed by atoms with Crippen LogP contribution in [0, 0.1) is 5.92 Å². The monoisotopic (exact) mass is 262 g/mol. The second kappa shape index (κ2) is 6.06. The number of benzene rings is 1. The maximum atomic E-state index is 11.9. The average molecular weight is 262 g/mol. The molecule has 3 atom stereocenters. The molecule has 0 fully saturated rings. The van der Waals surface area contributed by atoms with Gasteiger partial charge in [0, 0.05) is 13.7 Å². The highest BCUT2D eigenvalue weighted by Gasteiger charge is 2.30. The zero-order chi connectivity index (χ0) is 13.8. The van der Waals surface area contributed by atoms with E-state index in [1.807, 2.05) is 19.1 Å². The van der Waals surface area contributed by atoms with Crippen LogP contribution >= 0.6 is 0 Å². The van der Waals surface area contributed by atoms with Gasteiger partial charge in [-0.2, -0.15) is 0 Å². The van der Waals surface area contributed by atoms with Gasteiger partial charge < -0.3 is 15.4 Å². The number of ether oxygens (including phenoxy) is 1. The summed E-state index contributed by atoms with van der Waals surface area (Å²) >= 11 is 0. The fraction of sp³-hybridized carbons (Fsp3) is 0.533. The first-order valence-corrected chi connectivity index (χ1v) is 6.76. The van der Waals surface area contributed by atoms with Gasteiger partial charge >= 0.3 is 6.03 Å². The van der Waals surface area contributed by atoms with Crippen LogP contribution in [-0.2, 0) is 11.2 Å². The highest BCUT2D eigenvalue weighted by atomic mass is 16.5. The van der Waals surface area contributed by atoms with Crippen LogP contribution in [0.25, 0.3) is 0 Å². The van der Waals surface area contributed by atoms with Crippen molar-refractivity contribution >= 4 is 6.03 Å². The number of carbonyl (C=O) groups is 1. The van der Waals surface area contributed by atoms with E-state index in [0.717, 1.165) is 6.42 Å². The van der Waals surface area contributed by atoms with Gasteiger partial charge in [0.1, 0.15) is 0 Å². The number of nitrogens with one attached hydrogen (secondary N) is 2. The SMILES string of the molecule is CO[C@H](C)CNC(=O)N[C@H]1c2ccccc2C[C@@H]1C. The number of hydrogen-bond acceptors (Lipinski definition) is 2. The highest BCUT2D eigenvalue weighted by molar-refractivity contribution is 5.74. The molecule has 1 aliphatic carbocycles. The predicted molar refractivity (Wildman–Crippen MR) is 75.1 cm³/mol. The first kappa shape index (κ1) is 13.9. The lowest BCUT2D eigenvalue weighted by Gasteiger charge is -2.20. The maximum absolute atomic E-state index is 11.9. The van der Waals surface area contributed by atoms with E-state index >= 15 is 0 Å². The molecule has 0 heterocycles. The Morgan fingerprint density at radius 3 is 2.95 bits per heavy atom. The van der Waals surface area contributed by atoms with Gasteiger partial charge in [0.15, 0.2) is 0 Å². The Balaban J connectivity index is 1.94. The quantitative estimate of drug-likeness (QED) is 0.874. The second-order valence-electron chi connectivity index (χ2n) is 5.26. The third-order valence-corrected chi connectivity index (χ3v) is 3.74. The number of urea groups is 1. The lowest BCUT2D eigenvalue weighted by molar-refractivity contribution is 0.118. The van der Waals surface area contributed by atoms with Crippen LogP contribution in [0.1, 0.15) is 31.0 Å². The average Bonchev–Trinajstić information content (AvgIpc) is 2.72. The molecule has 0 aromatic heterocycles. The Labute approximate surface area is 114 Å². The molecule has 0 aliphatic heterocycles. The molecule has 0 unspecified atom stereocenters. The first-order valence-electron chi connectivity index (χ1n) is 6.76. The molecule has 1 aromatic carbocycles. The number of amides is 2. The van der Waals surface area contributed by atoms with Crippen molar-refractivity contribution in [1.29, 1.82) is 0 Å². The minimum Gasteiger partial charge on any atom is -0.380 e. The second-order valence-corrected chi connectivity index (χ2v) is 5.26. The molecule has 0 saturated carbocycles. The third kappa shape index (κ3) is 3.26. The van der Waals surface area contributed by atoms with Crippen LogP contribution in [0.3, 0.4) is 0 Å². The third-order valence-electron chi connectivity index (χ3n) is 3.74. The fourth-order valence-corrected chi connectivity index (χ4v) is 2.53. The lowest BCUT2D eigenvalue weighted by atomic mass is 10.0. The molecule has 0 radical (unpaired) electrons. The Hall–Kier alpha value is -1.55. The van der Waals surface area contributed by atoms with E-state index in [-0.39, 0.29) is 18.2 Å². The summed E-state index contributed by atoms with van der Waals surface area (Å²) < 4.78 is 5.11. The number of methoxy groups -OCH3 is 1. The van der Waals surface area contributed by atoms with Crippen LogP contribution in [0.15, 0.2) is 24.3 Å². The van der Waals surface area contributed by atoms with Gasteiger partial charge in [0.25, 0.3) is 0 Å². The smallest absolute Gasteiger partial charge is 0.315 e. The van der Waals surface area contributed by atoms with E-state index in [2.05, 4.69) is 29.7 Å². The van der Waals surface area contributed by atoms with Crippen molar-refractivity contribution in [3.63, 3.8) is 0 Å². The standard InChI is InChI=1S/C15H22N2O2/c1-10-8-12-6-4-5-7-13(12)14(10)17-15(18)16-9-11(2)19-3/h4-7,10-11,14H,8-9H2,1-3H3,(H2,16,17,18)/t10-,11+,14+/m0/s1. The van der Waals surface area contributed by atoms with Gasteiger partial charge in [-0.3, -0.25) is 0 Å². The summed E-state index contributed by atoms with van der Waals surface area (Å²) in [5.74, 6) is 0.433. The van der Waals surface area contributed by atoms with Gasteiger partial charge in [0.2, 0.25) is 0 Å². The molecule has 19 heavy (non-hydrogen) atoms. The topological polar surface area (TPSA) is 50.4 Å². The summed E-state index contributed by atoms with van der Waals surface area (Å²) in [6.07, 6.45) is 1.05. The Morgan fingerprint density at radius 1 is 1.47 bits per heavy atom. The molecule has 4 heteroatoms. The van der Waals surface area contributed by atoms with Crippen molar-refractivity contribution in [1.82, 2.24) is 10.6 Å². The summed E-state index contributed by atoms with van der Waals surface area (Å²) in [6, 6.07) is 8.29. The van der Waals surface area contributed by atoms with E-state index < -0.39 is 0 Å². The minimum absolute atomic E-state index is 0.0269. The lowest BCUT2D eigenvalue weighted by Crippen LogP contribution is -2.42. The van der Waals surface area contributed by atoms with Crippen LogP contribution < -0.4 is 10.6 Å². The van der Waals surface area contributed by atoms with Crippen molar-refractivity contribution in [2.45, 2.75) is 32.4 Å². The van der Waals surface area contributed by atoms with E-state index in [9.17, 15) is 4.79 Å². The van der Waals surface area contributed by atoms with Gasteiger partial charge in [0.05, 0.1) is 12.1 Å².